The number of carbonyl (C=O) groups is 2. The fraction of sp³-hybridized carbons (Fsp3) is 0.417. The Bertz CT molecular complexity index is 585. The van der Waals surface area contributed by atoms with E-state index in [-0.39, 0.29) is 11.5 Å². The monoisotopic (exact) mass is 303 g/mol. The molecule has 2 rings (SSSR count). The molecular formula is C12H12F3N3O3. The maximum absolute atomic E-state index is 12.6. The molecule has 0 bridgehead atoms. The van der Waals surface area contributed by atoms with Gasteiger partial charge in [0.15, 0.2) is 0 Å². The molecule has 9 heteroatoms. The van der Waals surface area contributed by atoms with E-state index in [1.165, 1.54) is 0 Å². The van der Waals surface area contributed by atoms with Gasteiger partial charge >= 0.3 is 12.1 Å². The van der Waals surface area contributed by atoms with Gasteiger partial charge in [-0.05, 0) is 30.9 Å². The topological polar surface area (TPSA) is 105 Å². The molecule has 1 aromatic heterocycles. The average molecular weight is 303 g/mol. The van der Waals surface area contributed by atoms with Gasteiger partial charge in [0.05, 0.1) is 5.56 Å². The number of hydrogen-bond donors (Lipinski definition) is 3. The Morgan fingerprint density at radius 1 is 1.38 bits per heavy atom. The number of halogens is 3. The minimum absolute atomic E-state index is 0.195. The number of nitrogens with two attached hydrogens (primary N) is 1. The number of amides is 1. The molecule has 1 saturated carbocycles. The minimum atomic E-state index is -4.70. The van der Waals surface area contributed by atoms with Gasteiger partial charge in [-0.15, -0.1) is 0 Å². The number of primary amides is 1. The molecule has 21 heavy (non-hydrogen) atoms. The Kier molecular flexibility index (Phi) is 3.75. The Labute approximate surface area is 117 Å². The zero-order chi connectivity index (χ0) is 15.8. The number of aliphatic carboxylic acids is 1. The van der Waals surface area contributed by atoms with Crippen molar-refractivity contribution in [2.45, 2.75) is 25.1 Å². The van der Waals surface area contributed by atoms with Crippen LogP contribution in [-0.4, -0.2) is 28.0 Å². The number of rotatable bonds is 5. The van der Waals surface area contributed by atoms with Gasteiger partial charge in [0.25, 0.3) is 5.91 Å². The number of carbonyl (C=O) groups excluding carboxylic acids is 1. The lowest BCUT2D eigenvalue weighted by Gasteiger charge is -2.17. The van der Waals surface area contributed by atoms with Crippen LogP contribution in [0, 0.1) is 5.92 Å². The largest absolute Gasteiger partial charge is 0.480 e. The second kappa shape index (κ2) is 5.23. The second-order valence-electron chi connectivity index (χ2n) is 4.75. The van der Waals surface area contributed by atoms with Crippen LogP contribution in [0.2, 0.25) is 0 Å². The normalized spacial score (nSPS) is 16.3. The maximum Gasteiger partial charge on any atom is 0.433 e. The number of carboxylic acid groups (broad SMARTS) is 1. The molecule has 1 aliphatic carbocycles. The molecule has 1 atom stereocenters. The maximum atomic E-state index is 12.6. The summed E-state index contributed by atoms with van der Waals surface area (Å²) in [5, 5.41) is 11.5. The summed E-state index contributed by atoms with van der Waals surface area (Å²) >= 11 is 0. The number of carboxylic acids is 1. The first-order valence-electron chi connectivity index (χ1n) is 6.07. The van der Waals surface area contributed by atoms with Crippen molar-refractivity contribution in [1.82, 2.24) is 4.98 Å². The van der Waals surface area contributed by atoms with Crippen LogP contribution in [0.5, 0.6) is 0 Å². The first kappa shape index (κ1) is 15.1. The summed E-state index contributed by atoms with van der Waals surface area (Å²) in [4.78, 5) is 25.7. The predicted octanol–water partition coefficient (Wildman–Crippen LogP) is 1.47. The van der Waals surface area contributed by atoms with E-state index in [1.54, 1.807) is 0 Å². The van der Waals surface area contributed by atoms with E-state index < -0.39 is 35.6 Å². The van der Waals surface area contributed by atoms with Gasteiger partial charge in [-0.25, -0.2) is 9.78 Å². The van der Waals surface area contributed by atoms with Gasteiger partial charge in [0.1, 0.15) is 17.6 Å². The van der Waals surface area contributed by atoms with Crippen molar-refractivity contribution < 1.29 is 27.9 Å². The Hall–Kier alpha value is -2.32. The summed E-state index contributed by atoms with van der Waals surface area (Å²) in [5.41, 5.74) is 3.56. The van der Waals surface area contributed by atoms with Crippen molar-refractivity contribution in [3.8, 4) is 0 Å². The van der Waals surface area contributed by atoms with Gasteiger partial charge in [-0.3, -0.25) is 4.79 Å². The highest BCUT2D eigenvalue weighted by atomic mass is 19.4. The van der Waals surface area contributed by atoms with E-state index in [4.69, 9.17) is 10.8 Å². The summed E-state index contributed by atoms with van der Waals surface area (Å²) in [6, 6.07) is 0.406. The lowest BCUT2D eigenvalue weighted by atomic mass is 10.1. The number of nitrogens with one attached hydrogen (secondary N) is 1. The SMILES string of the molecule is NC(=O)c1ccc(C(F)(F)F)nc1NC(C(=O)O)C1CC1. The van der Waals surface area contributed by atoms with Crippen molar-refractivity contribution in [2.24, 2.45) is 11.7 Å². The number of alkyl halides is 3. The smallest absolute Gasteiger partial charge is 0.433 e. The molecule has 0 saturated heterocycles. The molecule has 1 unspecified atom stereocenters. The highest BCUT2D eigenvalue weighted by Gasteiger charge is 2.38. The van der Waals surface area contributed by atoms with Crippen LogP contribution in [0.15, 0.2) is 12.1 Å². The average Bonchev–Trinajstić information content (AvgIpc) is 3.18. The highest BCUT2D eigenvalue weighted by molar-refractivity contribution is 5.98. The highest BCUT2D eigenvalue weighted by Crippen LogP contribution is 2.35. The Balaban J connectivity index is 2.38. The van der Waals surface area contributed by atoms with Crippen molar-refractivity contribution in [1.29, 1.82) is 0 Å². The molecule has 1 aliphatic rings. The number of hydrogen-bond acceptors (Lipinski definition) is 4. The first-order valence-corrected chi connectivity index (χ1v) is 6.07. The molecular weight excluding hydrogens is 291 g/mol. The minimum Gasteiger partial charge on any atom is -0.480 e. The van der Waals surface area contributed by atoms with Crippen LogP contribution in [0.3, 0.4) is 0 Å². The fourth-order valence-corrected chi connectivity index (χ4v) is 1.88. The molecule has 0 aromatic carbocycles. The van der Waals surface area contributed by atoms with E-state index in [0.717, 1.165) is 6.07 Å². The molecule has 1 heterocycles. The van der Waals surface area contributed by atoms with Gasteiger partial charge in [-0.2, -0.15) is 13.2 Å². The van der Waals surface area contributed by atoms with Crippen molar-refractivity contribution >= 4 is 17.7 Å². The number of pyridine rings is 1. The van der Waals surface area contributed by atoms with Gasteiger partial charge < -0.3 is 16.2 Å². The van der Waals surface area contributed by atoms with Crippen LogP contribution < -0.4 is 11.1 Å². The third kappa shape index (κ3) is 3.41. The van der Waals surface area contributed by atoms with E-state index >= 15 is 0 Å². The predicted molar refractivity (Wildman–Crippen MR) is 65.5 cm³/mol. The summed E-state index contributed by atoms with van der Waals surface area (Å²) in [5.74, 6) is -2.86. The fourth-order valence-electron chi connectivity index (χ4n) is 1.88. The van der Waals surface area contributed by atoms with Crippen LogP contribution in [0.1, 0.15) is 28.9 Å². The molecule has 0 aliphatic heterocycles. The summed E-state index contributed by atoms with van der Waals surface area (Å²) in [6.07, 6.45) is -3.41. The summed E-state index contributed by atoms with van der Waals surface area (Å²) in [6.45, 7) is 0. The Morgan fingerprint density at radius 3 is 2.43 bits per heavy atom. The second-order valence-corrected chi connectivity index (χ2v) is 4.75. The van der Waals surface area contributed by atoms with Gasteiger partial charge in [0, 0.05) is 0 Å². The first-order chi connectivity index (χ1) is 9.70. The van der Waals surface area contributed by atoms with Gasteiger partial charge in [-0.1, -0.05) is 0 Å². The molecule has 1 fully saturated rings. The summed E-state index contributed by atoms with van der Waals surface area (Å²) in [7, 11) is 0. The molecule has 1 amide bonds. The van der Waals surface area contributed by atoms with Crippen molar-refractivity contribution in [3.05, 3.63) is 23.4 Å². The standard InChI is InChI=1S/C12H12F3N3O3/c13-12(14,15)7-4-3-6(9(16)19)10(17-7)18-8(11(20)21)5-1-2-5/h3-5,8H,1-2H2,(H2,16,19)(H,17,18)(H,20,21). The zero-order valence-corrected chi connectivity index (χ0v) is 10.6. The number of aromatic nitrogens is 1. The van der Waals surface area contributed by atoms with Crippen LogP contribution in [0.25, 0.3) is 0 Å². The van der Waals surface area contributed by atoms with E-state index in [9.17, 15) is 22.8 Å². The van der Waals surface area contributed by atoms with Gasteiger partial charge in [0.2, 0.25) is 0 Å². The molecule has 6 nitrogen and oxygen atoms in total. The third-order valence-electron chi connectivity index (χ3n) is 3.10. The van der Waals surface area contributed by atoms with E-state index in [1.807, 2.05) is 0 Å². The number of anilines is 1. The van der Waals surface area contributed by atoms with Crippen molar-refractivity contribution in [2.75, 3.05) is 5.32 Å². The van der Waals surface area contributed by atoms with Crippen LogP contribution >= 0.6 is 0 Å². The third-order valence-corrected chi connectivity index (χ3v) is 3.10. The molecule has 0 radical (unpaired) electrons. The van der Waals surface area contributed by atoms with Crippen molar-refractivity contribution in [3.63, 3.8) is 0 Å². The molecule has 4 N–H and O–H groups in total. The quantitative estimate of drug-likeness (QED) is 0.764. The van der Waals surface area contributed by atoms with Crippen LogP contribution in [-0.2, 0) is 11.0 Å². The van der Waals surface area contributed by atoms with E-state index in [0.29, 0.717) is 18.9 Å². The summed E-state index contributed by atoms with van der Waals surface area (Å²) < 4.78 is 37.9. The number of nitrogens with zero attached hydrogens (tertiary/aromatic N) is 1. The molecule has 0 spiro atoms. The molecule has 114 valence electrons. The zero-order valence-electron chi connectivity index (χ0n) is 10.6. The lowest BCUT2D eigenvalue weighted by molar-refractivity contribution is -0.141. The Morgan fingerprint density at radius 2 is 2.00 bits per heavy atom. The molecule has 1 aromatic rings. The van der Waals surface area contributed by atoms with E-state index in [2.05, 4.69) is 10.3 Å². The lowest BCUT2D eigenvalue weighted by Crippen LogP contribution is -2.33. The van der Waals surface area contributed by atoms with Crippen LogP contribution in [0.4, 0.5) is 19.0 Å².